The highest BCUT2D eigenvalue weighted by atomic mass is 32.2. The Balaban J connectivity index is 2.26. The number of carboxylic acids is 1. The quantitative estimate of drug-likeness (QED) is 0.397. The third-order valence-corrected chi connectivity index (χ3v) is 7.68. The standard InChI is InChI=1S/C25H33N3O5S/c1-5-7-14-25(6-2)18-28(19-11-9-8-10-12-19)21-16-20(27(3)4)22(33-15-13-24(29)30)17-23(21)34(31,32)26-25/h8-13,15-17,26H,5-7,14,18H2,1-4H3,(H,29,30)/b15-13+/t25-/m1/s1. The van der Waals surface area contributed by atoms with E-state index in [9.17, 15) is 13.2 Å². The Morgan fingerprint density at radius 1 is 1.24 bits per heavy atom. The number of benzene rings is 2. The number of hydrogen-bond acceptors (Lipinski definition) is 6. The number of para-hydroxylation sites is 1. The van der Waals surface area contributed by atoms with Crippen molar-refractivity contribution in [2.45, 2.75) is 50.0 Å². The van der Waals surface area contributed by atoms with Crippen LogP contribution in [0.1, 0.15) is 39.5 Å². The number of aliphatic carboxylic acids is 1. The molecule has 0 fully saturated rings. The number of nitrogens with one attached hydrogen (secondary N) is 1. The van der Waals surface area contributed by atoms with Gasteiger partial charge in [-0.3, -0.25) is 0 Å². The minimum Gasteiger partial charge on any atom is -0.478 e. The van der Waals surface area contributed by atoms with Gasteiger partial charge in [-0.25, -0.2) is 17.9 Å². The van der Waals surface area contributed by atoms with Gasteiger partial charge in [0.1, 0.15) is 4.90 Å². The summed E-state index contributed by atoms with van der Waals surface area (Å²) in [6.45, 7) is 4.58. The van der Waals surface area contributed by atoms with Gasteiger partial charge in [0.25, 0.3) is 0 Å². The van der Waals surface area contributed by atoms with Crippen LogP contribution in [0.25, 0.3) is 0 Å². The number of sulfonamides is 1. The van der Waals surface area contributed by atoms with Crippen molar-refractivity contribution in [2.75, 3.05) is 30.4 Å². The van der Waals surface area contributed by atoms with Crippen molar-refractivity contribution in [3.63, 3.8) is 0 Å². The Bertz CT molecular complexity index is 1150. The van der Waals surface area contributed by atoms with Gasteiger partial charge in [-0.05, 0) is 31.0 Å². The number of ether oxygens (including phenoxy) is 1. The summed E-state index contributed by atoms with van der Waals surface area (Å²) in [6, 6.07) is 13.0. The molecular weight excluding hydrogens is 454 g/mol. The number of anilines is 3. The molecule has 3 rings (SSSR count). The predicted molar refractivity (Wildman–Crippen MR) is 134 cm³/mol. The summed E-state index contributed by atoms with van der Waals surface area (Å²) in [4.78, 5) is 14.8. The minimum atomic E-state index is -3.91. The lowest BCUT2D eigenvalue weighted by atomic mass is 9.89. The van der Waals surface area contributed by atoms with Crippen LogP contribution in [0.15, 0.2) is 59.7 Å². The van der Waals surface area contributed by atoms with Gasteiger partial charge in [-0.15, -0.1) is 0 Å². The Morgan fingerprint density at radius 2 is 1.94 bits per heavy atom. The van der Waals surface area contributed by atoms with E-state index in [1.165, 1.54) is 6.07 Å². The van der Waals surface area contributed by atoms with Gasteiger partial charge < -0.3 is 19.6 Å². The predicted octanol–water partition coefficient (Wildman–Crippen LogP) is 4.50. The zero-order chi connectivity index (χ0) is 24.9. The van der Waals surface area contributed by atoms with E-state index in [1.54, 1.807) is 6.07 Å². The molecule has 0 saturated carbocycles. The van der Waals surface area contributed by atoms with E-state index in [1.807, 2.05) is 56.3 Å². The van der Waals surface area contributed by atoms with Crippen LogP contribution in [0.3, 0.4) is 0 Å². The van der Waals surface area contributed by atoms with Gasteiger partial charge >= 0.3 is 5.97 Å². The van der Waals surface area contributed by atoms with Gasteiger partial charge in [0.05, 0.1) is 29.3 Å². The lowest BCUT2D eigenvalue weighted by molar-refractivity contribution is -0.131. The number of nitrogens with zero attached hydrogens (tertiary/aromatic N) is 2. The molecule has 1 atom stereocenters. The molecule has 0 unspecified atom stereocenters. The molecule has 9 heteroatoms. The van der Waals surface area contributed by atoms with E-state index in [4.69, 9.17) is 9.84 Å². The van der Waals surface area contributed by atoms with Crippen LogP contribution in [0.4, 0.5) is 17.1 Å². The average molecular weight is 488 g/mol. The summed E-state index contributed by atoms with van der Waals surface area (Å²) >= 11 is 0. The first-order chi connectivity index (χ1) is 16.1. The van der Waals surface area contributed by atoms with Crippen LogP contribution < -0.4 is 19.3 Å². The van der Waals surface area contributed by atoms with Crippen LogP contribution in [0.2, 0.25) is 0 Å². The lowest BCUT2D eigenvalue weighted by Gasteiger charge is -2.36. The van der Waals surface area contributed by atoms with Crippen molar-refractivity contribution in [3.05, 3.63) is 54.8 Å². The highest BCUT2D eigenvalue weighted by Crippen LogP contribution is 2.44. The van der Waals surface area contributed by atoms with Gasteiger partial charge in [-0.2, -0.15) is 0 Å². The molecular formula is C25H33N3O5S. The second-order valence-corrected chi connectivity index (χ2v) is 10.4. The molecule has 184 valence electrons. The maximum Gasteiger partial charge on any atom is 0.331 e. The zero-order valence-electron chi connectivity index (χ0n) is 20.1. The van der Waals surface area contributed by atoms with Gasteiger partial charge in [-0.1, -0.05) is 44.9 Å². The largest absolute Gasteiger partial charge is 0.478 e. The van der Waals surface area contributed by atoms with E-state index < -0.39 is 21.5 Å². The topological polar surface area (TPSA) is 99.2 Å². The first-order valence-electron chi connectivity index (χ1n) is 11.4. The Morgan fingerprint density at radius 3 is 2.53 bits per heavy atom. The first kappa shape index (κ1) is 25.6. The van der Waals surface area contributed by atoms with Crippen molar-refractivity contribution in [3.8, 4) is 5.75 Å². The minimum absolute atomic E-state index is 0.0903. The number of carbonyl (C=O) groups is 1. The summed E-state index contributed by atoms with van der Waals surface area (Å²) in [7, 11) is -0.261. The fourth-order valence-corrected chi connectivity index (χ4v) is 5.88. The molecule has 0 saturated heterocycles. The molecule has 0 spiro atoms. The molecule has 1 heterocycles. The maximum absolute atomic E-state index is 13.7. The summed E-state index contributed by atoms with van der Waals surface area (Å²) in [5.41, 5.74) is 1.42. The molecule has 0 aromatic heterocycles. The highest BCUT2D eigenvalue weighted by Gasteiger charge is 2.41. The molecule has 0 aliphatic carbocycles. The van der Waals surface area contributed by atoms with Crippen molar-refractivity contribution >= 4 is 33.1 Å². The average Bonchev–Trinajstić information content (AvgIpc) is 2.90. The highest BCUT2D eigenvalue weighted by molar-refractivity contribution is 7.89. The summed E-state index contributed by atoms with van der Waals surface area (Å²) < 4.78 is 36.0. The van der Waals surface area contributed by atoms with E-state index in [2.05, 4.69) is 16.5 Å². The van der Waals surface area contributed by atoms with Crippen LogP contribution in [-0.4, -0.2) is 45.7 Å². The lowest BCUT2D eigenvalue weighted by Crippen LogP contribution is -2.52. The number of carboxylic acid groups (broad SMARTS) is 1. The molecule has 34 heavy (non-hydrogen) atoms. The Kier molecular flexibility index (Phi) is 7.89. The van der Waals surface area contributed by atoms with Gasteiger partial charge in [0.2, 0.25) is 10.0 Å². The zero-order valence-corrected chi connectivity index (χ0v) is 20.9. The molecule has 0 bridgehead atoms. The van der Waals surface area contributed by atoms with E-state index in [-0.39, 0.29) is 10.6 Å². The number of hydrogen-bond donors (Lipinski definition) is 2. The second kappa shape index (κ2) is 10.5. The van der Waals surface area contributed by atoms with E-state index in [0.29, 0.717) is 30.8 Å². The third kappa shape index (κ3) is 5.53. The molecule has 2 aromatic rings. The van der Waals surface area contributed by atoms with Crippen LogP contribution in [0, 0.1) is 0 Å². The Labute approximate surface area is 201 Å². The molecule has 2 N–H and O–H groups in total. The molecule has 8 nitrogen and oxygen atoms in total. The number of unbranched alkanes of at least 4 members (excludes halogenated alkanes) is 1. The van der Waals surface area contributed by atoms with Crippen molar-refractivity contribution in [1.29, 1.82) is 0 Å². The van der Waals surface area contributed by atoms with Crippen LogP contribution in [-0.2, 0) is 14.8 Å². The molecule has 0 radical (unpaired) electrons. The van der Waals surface area contributed by atoms with Crippen LogP contribution >= 0.6 is 0 Å². The Hall–Kier alpha value is -3.04. The van der Waals surface area contributed by atoms with Crippen LogP contribution in [0.5, 0.6) is 5.75 Å². The molecule has 2 aromatic carbocycles. The fraction of sp³-hybridized carbons (Fsp3) is 0.400. The normalized spacial score (nSPS) is 19.5. The van der Waals surface area contributed by atoms with E-state index >= 15 is 0 Å². The molecule has 1 aliphatic rings. The van der Waals surface area contributed by atoms with Crippen molar-refractivity contribution in [2.24, 2.45) is 0 Å². The summed E-state index contributed by atoms with van der Waals surface area (Å²) in [5, 5.41) is 8.91. The van der Waals surface area contributed by atoms with Crippen molar-refractivity contribution in [1.82, 2.24) is 4.72 Å². The van der Waals surface area contributed by atoms with Crippen molar-refractivity contribution < 1.29 is 23.1 Å². The second-order valence-electron chi connectivity index (χ2n) is 8.71. The third-order valence-electron chi connectivity index (χ3n) is 6.07. The SMILES string of the molecule is CCCC[C@]1(CC)CN(c2ccccc2)c2cc(N(C)C)c(O/C=C/C(=O)O)cc2S(=O)(=O)N1. The molecule has 1 aliphatic heterocycles. The first-order valence-corrected chi connectivity index (χ1v) is 12.9. The monoisotopic (exact) mass is 487 g/mol. The number of rotatable bonds is 9. The maximum atomic E-state index is 13.7. The van der Waals surface area contributed by atoms with Gasteiger partial charge in [0.15, 0.2) is 5.75 Å². The summed E-state index contributed by atoms with van der Waals surface area (Å²) in [5.74, 6) is -0.911. The number of fused-ring (bicyclic) bond motifs is 1. The fourth-order valence-electron chi connectivity index (χ4n) is 4.18. The smallest absolute Gasteiger partial charge is 0.331 e. The summed E-state index contributed by atoms with van der Waals surface area (Å²) in [6.07, 6.45) is 5.10. The molecule has 0 amide bonds. The van der Waals surface area contributed by atoms with E-state index in [0.717, 1.165) is 30.9 Å². The van der Waals surface area contributed by atoms with Gasteiger partial charge in [0, 0.05) is 32.4 Å².